The Hall–Kier alpha value is -0.770. The van der Waals surface area contributed by atoms with Crippen molar-refractivity contribution in [2.24, 2.45) is 11.8 Å². The molecule has 4 heteroatoms. The van der Waals surface area contributed by atoms with Crippen LogP contribution in [0.2, 0.25) is 0 Å². The van der Waals surface area contributed by atoms with E-state index in [4.69, 9.17) is 10.2 Å². The number of rotatable bonds is 1. The van der Waals surface area contributed by atoms with Crippen LogP contribution in [0.5, 0.6) is 0 Å². The molecular weight excluding hydrogens is 146 g/mol. The maximum Gasteiger partial charge on any atom is 0.407 e. The molecule has 0 aromatic heterocycles. The van der Waals surface area contributed by atoms with Crippen LogP contribution in [0.3, 0.4) is 0 Å². The van der Waals surface area contributed by atoms with Crippen molar-refractivity contribution in [3.8, 4) is 0 Å². The summed E-state index contributed by atoms with van der Waals surface area (Å²) < 4.78 is 0. The molecule has 0 spiro atoms. The zero-order valence-corrected chi connectivity index (χ0v) is 6.10. The molecule has 0 aromatic rings. The molecular formula is C7H11NO3. The zero-order valence-electron chi connectivity index (χ0n) is 6.10. The number of amides is 1. The molecule has 1 aliphatic carbocycles. The highest BCUT2D eigenvalue weighted by Gasteiger charge is 2.53. The highest BCUT2D eigenvalue weighted by Crippen LogP contribution is 2.49. The summed E-state index contributed by atoms with van der Waals surface area (Å²) in [6.07, 6.45) is 0.214. The van der Waals surface area contributed by atoms with E-state index in [2.05, 4.69) is 0 Å². The van der Waals surface area contributed by atoms with Crippen LogP contribution >= 0.6 is 0 Å². The number of likely N-dealkylation sites (tertiary alicyclic amines) is 1. The Balaban J connectivity index is 2.06. The number of aliphatic hydroxyl groups is 1. The van der Waals surface area contributed by atoms with E-state index in [1.165, 1.54) is 4.90 Å². The number of hydrogen-bond donors (Lipinski definition) is 2. The summed E-state index contributed by atoms with van der Waals surface area (Å²) in [6, 6.07) is -0.113. The van der Waals surface area contributed by atoms with Gasteiger partial charge < -0.3 is 15.1 Å². The third kappa shape index (κ3) is 0.894. The van der Waals surface area contributed by atoms with Crippen LogP contribution in [0.15, 0.2) is 0 Å². The normalized spacial score (nSPS) is 40.5. The number of fused-ring (bicyclic) bond motifs is 1. The van der Waals surface area contributed by atoms with Gasteiger partial charge >= 0.3 is 6.09 Å². The van der Waals surface area contributed by atoms with Crippen molar-refractivity contribution in [2.75, 3.05) is 13.2 Å². The van der Waals surface area contributed by atoms with E-state index in [1.807, 2.05) is 0 Å². The summed E-state index contributed by atoms with van der Waals surface area (Å²) in [5, 5.41) is 17.5. The number of aliphatic hydroxyl groups excluding tert-OH is 1. The third-order valence-electron chi connectivity index (χ3n) is 2.74. The summed E-state index contributed by atoms with van der Waals surface area (Å²) >= 11 is 0. The molecule has 0 aromatic carbocycles. The number of hydrogen-bond acceptors (Lipinski definition) is 2. The van der Waals surface area contributed by atoms with Gasteiger partial charge in [-0.2, -0.15) is 0 Å². The van der Waals surface area contributed by atoms with Gasteiger partial charge in [-0.15, -0.1) is 0 Å². The Kier molecular flexibility index (Phi) is 1.32. The Bertz CT molecular complexity index is 194. The second-order valence-corrected chi connectivity index (χ2v) is 3.34. The highest BCUT2D eigenvalue weighted by molar-refractivity contribution is 5.66. The minimum absolute atomic E-state index is 0.0204. The van der Waals surface area contributed by atoms with E-state index in [0.29, 0.717) is 18.4 Å². The predicted molar refractivity (Wildman–Crippen MR) is 37.2 cm³/mol. The Labute approximate surface area is 64.4 Å². The summed E-state index contributed by atoms with van der Waals surface area (Å²) in [5.41, 5.74) is 0. The average molecular weight is 157 g/mol. The zero-order chi connectivity index (χ0) is 8.01. The molecule has 4 nitrogen and oxygen atoms in total. The molecule has 0 radical (unpaired) electrons. The molecule has 2 fully saturated rings. The molecule has 1 saturated carbocycles. The van der Waals surface area contributed by atoms with Gasteiger partial charge in [0.25, 0.3) is 0 Å². The molecule has 3 atom stereocenters. The van der Waals surface area contributed by atoms with Gasteiger partial charge in [0.05, 0.1) is 12.6 Å². The van der Waals surface area contributed by atoms with Crippen molar-refractivity contribution in [3.05, 3.63) is 0 Å². The van der Waals surface area contributed by atoms with Crippen molar-refractivity contribution in [1.29, 1.82) is 0 Å². The Morgan fingerprint density at radius 3 is 2.82 bits per heavy atom. The SMILES string of the molecule is O=C(O)N1C[C@@H]2C[C@@H]2[C@H]1CO. The van der Waals surface area contributed by atoms with Gasteiger partial charge in [0, 0.05) is 6.54 Å². The van der Waals surface area contributed by atoms with Gasteiger partial charge in [-0.3, -0.25) is 0 Å². The van der Waals surface area contributed by atoms with E-state index >= 15 is 0 Å². The Morgan fingerprint density at radius 1 is 1.64 bits per heavy atom. The van der Waals surface area contributed by atoms with E-state index in [9.17, 15) is 4.79 Å². The standard InChI is InChI=1S/C7H11NO3/c9-3-6-5-1-4(5)2-8(6)7(10)11/h4-6,9H,1-3H2,(H,10,11)/t4-,5-,6+/m0/s1. The molecule has 1 aliphatic heterocycles. The van der Waals surface area contributed by atoms with Crippen LogP contribution < -0.4 is 0 Å². The first kappa shape index (κ1) is 6.91. The largest absolute Gasteiger partial charge is 0.465 e. The molecule has 1 heterocycles. The first-order chi connectivity index (χ1) is 5.24. The highest BCUT2D eigenvalue weighted by atomic mass is 16.4. The van der Waals surface area contributed by atoms with Crippen LogP contribution in [0.4, 0.5) is 4.79 Å². The van der Waals surface area contributed by atoms with Crippen molar-refractivity contribution >= 4 is 6.09 Å². The van der Waals surface area contributed by atoms with E-state index in [1.54, 1.807) is 0 Å². The van der Waals surface area contributed by atoms with Gasteiger partial charge in [-0.05, 0) is 18.3 Å². The summed E-state index contributed by atoms with van der Waals surface area (Å²) in [5.74, 6) is 0.999. The quantitative estimate of drug-likeness (QED) is 0.562. The fourth-order valence-corrected chi connectivity index (χ4v) is 2.03. The van der Waals surface area contributed by atoms with Gasteiger partial charge in [-0.1, -0.05) is 0 Å². The minimum atomic E-state index is -0.892. The van der Waals surface area contributed by atoms with Crippen LogP contribution in [-0.2, 0) is 0 Å². The number of carbonyl (C=O) groups is 1. The molecule has 11 heavy (non-hydrogen) atoms. The topological polar surface area (TPSA) is 60.8 Å². The van der Waals surface area contributed by atoms with Gasteiger partial charge in [-0.25, -0.2) is 4.79 Å². The van der Waals surface area contributed by atoms with Gasteiger partial charge in [0.1, 0.15) is 0 Å². The summed E-state index contributed by atoms with van der Waals surface area (Å²) in [6.45, 7) is 0.610. The molecule has 2 rings (SSSR count). The maximum absolute atomic E-state index is 10.6. The van der Waals surface area contributed by atoms with Crippen molar-refractivity contribution < 1.29 is 15.0 Å². The van der Waals surface area contributed by atoms with Crippen LogP contribution in [0.25, 0.3) is 0 Å². The summed E-state index contributed by atoms with van der Waals surface area (Å²) in [7, 11) is 0. The predicted octanol–water partition coefficient (Wildman–Crippen LogP) is -0.0230. The lowest BCUT2D eigenvalue weighted by Crippen LogP contribution is -2.39. The third-order valence-corrected chi connectivity index (χ3v) is 2.74. The second kappa shape index (κ2) is 2.11. The van der Waals surface area contributed by atoms with Crippen LogP contribution in [0.1, 0.15) is 6.42 Å². The van der Waals surface area contributed by atoms with Crippen molar-refractivity contribution in [1.82, 2.24) is 4.90 Å². The maximum atomic E-state index is 10.6. The van der Waals surface area contributed by atoms with Crippen molar-refractivity contribution in [3.63, 3.8) is 0 Å². The van der Waals surface area contributed by atoms with Gasteiger partial charge in [0.15, 0.2) is 0 Å². The number of carboxylic acid groups (broad SMARTS) is 1. The van der Waals surface area contributed by atoms with E-state index in [0.717, 1.165) is 6.42 Å². The summed E-state index contributed by atoms with van der Waals surface area (Å²) in [4.78, 5) is 11.9. The lowest BCUT2D eigenvalue weighted by atomic mass is 10.2. The van der Waals surface area contributed by atoms with Gasteiger partial charge in [0.2, 0.25) is 0 Å². The van der Waals surface area contributed by atoms with E-state index in [-0.39, 0.29) is 12.6 Å². The molecule has 1 amide bonds. The van der Waals surface area contributed by atoms with E-state index < -0.39 is 6.09 Å². The lowest BCUT2D eigenvalue weighted by Gasteiger charge is -2.22. The molecule has 62 valence electrons. The first-order valence-electron chi connectivity index (χ1n) is 3.84. The molecule has 0 bridgehead atoms. The molecule has 0 unspecified atom stereocenters. The number of nitrogens with zero attached hydrogens (tertiary/aromatic N) is 1. The molecule has 1 saturated heterocycles. The lowest BCUT2D eigenvalue weighted by molar-refractivity contribution is 0.106. The number of piperidine rings is 1. The second-order valence-electron chi connectivity index (χ2n) is 3.34. The monoisotopic (exact) mass is 157 g/mol. The fourth-order valence-electron chi connectivity index (χ4n) is 2.03. The smallest absolute Gasteiger partial charge is 0.407 e. The van der Waals surface area contributed by atoms with Crippen molar-refractivity contribution in [2.45, 2.75) is 12.5 Å². The Morgan fingerprint density at radius 2 is 2.36 bits per heavy atom. The van der Waals surface area contributed by atoms with Crippen LogP contribution in [0, 0.1) is 11.8 Å². The molecule has 2 aliphatic rings. The minimum Gasteiger partial charge on any atom is -0.465 e. The first-order valence-corrected chi connectivity index (χ1v) is 3.84. The average Bonchev–Trinajstić information content (AvgIpc) is 2.63. The molecule has 2 N–H and O–H groups in total. The fraction of sp³-hybridized carbons (Fsp3) is 0.857. The van der Waals surface area contributed by atoms with Crippen LogP contribution in [-0.4, -0.2) is 40.4 Å².